The van der Waals surface area contributed by atoms with Crippen LogP contribution >= 0.6 is 11.6 Å². The Morgan fingerprint density at radius 1 is 1.28 bits per heavy atom. The zero-order chi connectivity index (χ0) is 12.5. The molecule has 18 heavy (non-hydrogen) atoms. The van der Waals surface area contributed by atoms with Crippen LogP contribution in [0.2, 0.25) is 5.15 Å². The summed E-state index contributed by atoms with van der Waals surface area (Å²) in [6.07, 6.45) is 4.83. The Kier molecular flexibility index (Phi) is 3.39. The Bertz CT molecular complexity index is 489. The summed E-state index contributed by atoms with van der Waals surface area (Å²) in [7, 11) is 0. The molecule has 1 saturated carbocycles. The molecule has 0 atom stereocenters. The summed E-state index contributed by atoms with van der Waals surface area (Å²) in [5.74, 6) is 1.35. The van der Waals surface area contributed by atoms with Crippen LogP contribution in [0.1, 0.15) is 37.4 Å². The van der Waals surface area contributed by atoms with Crippen LogP contribution in [0.4, 0.5) is 0 Å². The van der Waals surface area contributed by atoms with Gasteiger partial charge in [0, 0.05) is 25.1 Å². The standard InChI is InChI=1S/C13H18ClN3O/c14-11-9-12(18)17(13(15-11)10-3-4-10)8-7-16-5-1-2-6-16/h9-10H,1-8H2. The molecule has 0 amide bonds. The molecule has 0 N–H and O–H groups in total. The van der Waals surface area contributed by atoms with Crippen LogP contribution in [0, 0.1) is 0 Å². The first kappa shape index (κ1) is 12.2. The van der Waals surface area contributed by atoms with Gasteiger partial charge in [-0.05, 0) is 38.8 Å². The molecule has 3 rings (SSSR count). The molecular weight excluding hydrogens is 250 g/mol. The van der Waals surface area contributed by atoms with Gasteiger partial charge in [-0.15, -0.1) is 0 Å². The highest BCUT2D eigenvalue weighted by Gasteiger charge is 2.29. The van der Waals surface area contributed by atoms with E-state index in [-0.39, 0.29) is 5.56 Å². The molecule has 2 fully saturated rings. The van der Waals surface area contributed by atoms with Crippen molar-refractivity contribution in [1.29, 1.82) is 0 Å². The summed E-state index contributed by atoms with van der Waals surface area (Å²) in [6.45, 7) is 4.01. The number of halogens is 1. The van der Waals surface area contributed by atoms with Crippen molar-refractivity contribution in [2.75, 3.05) is 19.6 Å². The lowest BCUT2D eigenvalue weighted by Gasteiger charge is -2.17. The Morgan fingerprint density at radius 3 is 2.67 bits per heavy atom. The van der Waals surface area contributed by atoms with E-state index in [4.69, 9.17) is 11.6 Å². The average Bonchev–Trinajstić information content (AvgIpc) is 3.05. The molecule has 1 aliphatic heterocycles. The molecule has 5 heteroatoms. The lowest BCUT2D eigenvalue weighted by Crippen LogP contribution is -2.31. The molecule has 1 aliphatic carbocycles. The third kappa shape index (κ3) is 2.59. The summed E-state index contributed by atoms with van der Waals surface area (Å²) in [4.78, 5) is 18.8. The lowest BCUT2D eigenvalue weighted by molar-refractivity contribution is 0.317. The largest absolute Gasteiger partial charge is 0.302 e. The molecule has 0 unspecified atom stereocenters. The highest BCUT2D eigenvalue weighted by molar-refractivity contribution is 6.29. The fraction of sp³-hybridized carbons (Fsp3) is 0.692. The van der Waals surface area contributed by atoms with Gasteiger partial charge >= 0.3 is 0 Å². The van der Waals surface area contributed by atoms with E-state index in [9.17, 15) is 4.79 Å². The Labute approximate surface area is 112 Å². The van der Waals surface area contributed by atoms with Crippen LogP contribution in [0.15, 0.2) is 10.9 Å². The van der Waals surface area contributed by atoms with Gasteiger partial charge in [0.25, 0.3) is 5.56 Å². The summed E-state index contributed by atoms with van der Waals surface area (Å²) >= 11 is 5.89. The molecule has 0 bridgehead atoms. The topological polar surface area (TPSA) is 38.1 Å². The van der Waals surface area contributed by atoms with E-state index in [0.717, 1.165) is 44.8 Å². The van der Waals surface area contributed by atoms with Crippen molar-refractivity contribution in [1.82, 2.24) is 14.5 Å². The smallest absolute Gasteiger partial charge is 0.255 e. The van der Waals surface area contributed by atoms with Gasteiger partial charge < -0.3 is 4.90 Å². The van der Waals surface area contributed by atoms with Crippen molar-refractivity contribution in [3.05, 3.63) is 27.4 Å². The molecule has 0 radical (unpaired) electrons. The number of hydrogen-bond donors (Lipinski definition) is 0. The molecule has 2 heterocycles. The Hall–Kier alpha value is -0.870. The van der Waals surface area contributed by atoms with Crippen LogP contribution in [-0.2, 0) is 6.54 Å². The third-order valence-electron chi connectivity index (χ3n) is 3.79. The fourth-order valence-electron chi connectivity index (χ4n) is 2.62. The second-order valence-corrected chi connectivity index (χ2v) is 5.64. The maximum atomic E-state index is 12.0. The van der Waals surface area contributed by atoms with E-state index in [2.05, 4.69) is 9.88 Å². The second-order valence-electron chi connectivity index (χ2n) is 5.25. The summed E-state index contributed by atoms with van der Waals surface area (Å²) in [5, 5.41) is 0.333. The van der Waals surface area contributed by atoms with E-state index in [1.165, 1.54) is 18.9 Å². The van der Waals surface area contributed by atoms with Crippen LogP contribution in [0.25, 0.3) is 0 Å². The van der Waals surface area contributed by atoms with Crippen LogP contribution in [0.5, 0.6) is 0 Å². The highest BCUT2D eigenvalue weighted by Crippen LogP contribution is 2.38. The number of nitrogens with zero attached hydrogens (tertiary/aromatic N) is 3. The molecule has 2 aliphatic rings. The van der Waals surface area contributed by atoms with Gasteiger partial charge in [-0.1, -0.05) is 11.6 Å². The molecule has 1 aromatic rings. The highest BCUT2D eigenvalue weighted by atomic mass is 35.5. The maximum Gasteiger partial charge on any atom is 0.255 e. The zero-order valence-corrected chi connectivity index (χ0v) is 11.2. The van der Waals surface area contributed by atoms with Crippen LogP contribution in [-0.4, -0.2) is 34.1 Å². The number of rotatable bonds is 4. The Balaban J connectivity index is 1.78. The summed E-state index contributed by atoms with van der Waals surface area (Å²) in [6, 6.07) is 1.43. The van der Waals surface area contributed by atoms with Gasteiger partial charge in [-0.25, -0.2) is 4.98 Å². The number of likely N-dealkylation sites (tertiary alicyclic amines) is 1. The SMILES string of the molecule is O=c1cc(Cl)nc(C2CC2)n1CCN1CCCC1. The van der Waals surface area contributed by atoms with E-state index >= 15 is 0 Å². The van der Waals surface area contributed by atoms with Crippen LogP contribution in [0.3, 0.4) is 0 Å². The molecule has 1 saturated heterocycles. The van der Waals surface area contributed by atoms with Gasteiger partial charge in [0.2, 0.25) is 0 Å². The Morgan fingerprint density at radius 2 is 2.00 bits per heavy atom. The average molecular weight is 268 g/mol. The van der Waals surface area contributed by atoms with Crippen LogP contribution < -0.4 is 5.56 Å². The minimum atomic E-state index is -0.00361. The van der Waals surface area contributed by atoms with Crippen molar-refractivity contribution < 1.29 is 0 Å². The molecule has 0 spiro atoms. The number of hydrogen-bond acceptors (Lipinski definition) is 3. The van der Waals surface area contributed by atoms with Crippen molar-refractivity contribution in [3.63, 3.8) is 0 Å². The quantitative estimate of drug-likeness (QED) is 0.782. The van der Waals surface area contributed by atoms with Crippen molar-refractivity contribution in [2.45, 2.75) is 38.1 Å². The minimum Gasteiger partial charge on any atom is -0.302 e. The number of aromatic nitrogens is 2. The molecule has 98 valence electrons. The molecule has 0 aromatic carbocycles. The zero-order valence-electron chi connectivity index (χ0n) is 10.4. The second kappa shape index (κ2) is 5.02. The van der Waals surface area contributed by atoms with Gasteiger partial charge in [0.15, 0.2) is 0 Å². The third-order valence-corrected chi connectivity index (χ3v) is 3.98. The van der Waals surface area contributed by atoms with Gasteiger partial charge in [0.05, 0.1) is 0 Å². The summed E-state index contributed by atoms with van der Waals surface area (Å²) in [5.41, 5.74) is -0.00361. The predicted octanol–water partition coefficient (Wildman–Crippen LogP) is 1.87. The fourth-order valence-corrected chi connectivity index (χ4v) is 2.80. The van der Waals surface area contributed by atoms with E-state index < -0.39 is 0 Å². The van der Waals surface area contributed by atoms with E-state index in [0.29, 0.717) is 11.1 Å². The first-order valence-corrected chi connectivity index (χ1v) is 7.11. The summed E-state index contributed by atoms with van der Waals surface area (Å²) < 4.78 is 1.82. The van der Waals surface area contributed by atoms with E-state index in [1.807, 2.05) is 4.57 Å². The molecular formula is C13H18ClN3O. The first-order valence-electron chi connectivity index (χ1n) is 6.73. The van der Waals surface area contributed by atoms with Crippen molar-refractivity contribution in [3.8, 4) is 0 Å². The van der Waals surface area contributed by atoms with Crippen molar-refractivity contribution >= 4 is 11.6 Å². The first-order chi connectivity index (χ1) is 8.74. The van der Waals surface area contributed by atoms with Gasteiger partial charge in [-0.3, -0.25) is 9.36 Å². The van der Waals surface area contributed by atoms with Crippen molar-refractivity contribution in [2.24, 2.45) is 0 Å². The normalized spacial score (nSPS) is 20.5. The minimum absolute atomic E-state index is 0.00361. The maximum absolute atomic E-state index is 12.0. The van der Waals surface area contributed by atoms with Gasteiger partial charge in [-0.2, -0.15) is 0 Å². The monoisotopic (exact) mass is 267 g/mol. The lowest BCUT2D eigenvalue weighted by atomic mass is 10.3. The van der Waals surface area contributed by atoms with Gasteiger partial charge in [0.1, 0.15) is 11.0 Å². The predicted molar refractivity (Wildman–Crippen MR) is 71.2 cm³/mol. The van der Waals surface area contributed by atoms with E-state index in [1.54, 1.807) is 0 Å². The molecule has 4 nitrogen and oxygen atoms in total. The molecule has 1 aromatic heterocycles.